The minimum Gasteiger partial charge on any atom is -0.372 e. The maximum Gasteiger partial charge on any atom is 0.272 e. The van der Waals surface area contributed by atoms with Crippen LogP contribution in [0.3, 0.4) is 0 Å². The second-order valence-corrected chi connectivity index (χ2v) is 7.01. The van der Waals surface area contributed by atoms with E-state index < -0.39 is 5.66 Å². The monoisotopic (exact) mass is 322 g/mol. The summed E-state index contributed by atoms with van der Waals surface area (Å²) in [5.74, 6) is 0.125. The number of nitrogens with zero attached hydrogens (tertiary/aromatic N) is 3. The Kier molecular flexibility index (Phi) is 3.00. The molecule has 0 radical (unpaired) electrons. The molecule has 2 fully saturated rings. The van der Waals surface area contributed by atoms with Crippen molar-refractivity contribution in [3.63, 3.8) is 0 Å². The second-order valence-electron chi connectivity index (χ2n) is 7.01. The molecule has 5 heteroatoms. The predicted octanol–water partition coefficient (Wildman–Crippen LogP) is 2.00. The van der Waals surface area contributed by atoms with E-state index in [0.29, 0.717) is 0 Å². The summed E-state index contributed by atoms with van der Waals surface area (Å²) >= 11 is 0. The van der Waals surface area contributed by atoms with Gasteiger partial charge in [-0.1, -0.05) is 12.1 Å². The van der Waals surface area contributed by atoms with Gasteiger partial charge in [0.25, 0.3) is 5.91 Å². The van der Waals surface area contributed by atoms with Crippen molar-refractivity contribution in [3.8, 4) is 0 Å². The zero-order valence-electron chi connectivity index (χ0n) is 13.7. The molecule has 1 unspecified atom stereocenters. The smallest absolute Gasteiger partial charge is 0.272 e. The van der Waals surface area contributed by atoms with E-state index in [1.54, 1.807) is 0 Å². The summed E-state index contributed by atoms with van der Waals surface area (Å²) < 4.78 is 2.07. The molecule has 1 atom stereocenters. The fraction of sp³-hybridized carbons (Fsp3) is 0.421. The Morgan fingerprint density at radius 1 is 1.00 bits per heavy atom. The third-order valence-electron chi connectivity index (χ3n) is 5.72. The van der Waals surface area contributed by atoms with Crippen molar-refractivity contribution in [2.24, 2.45) is 0 Å². The van der Waals surface area contributed by atoms with Crippen molar-refractivity contribution in [2.45, 2.75) is 25.0 Å². The Morgan fingerprint density at radius 3 is 2.58 bits per heavy atom. The van der Waals surface area contributed by atoms with Crippen molar-refractivity contribution < 1.29 is 4.79 Å². The lowest BCUT2D eigenvalue weighted by Gasteiger charge is -2.43. The molecule has 5 rings (SSSR count). The van der Waals surface area contributed by atoms with Gasteiger partial charge in [-0.05, 0) is 42.7 Å². The highest BCUT2D eigenvalue weighted by Crippen LogP contribution is 2.37. The summed E-state index contributed by atoms with van der Waals surface area (Å²) in [6, 6.07) is 12.7. The van der Waals surface area contributed by atoms with E-state index in [-0.39, 0.29) is 5.91 Å². The molecule has 1 N–H and O–H groups in total. The zero-order valence-corrected chi connectivity index (χ0v) is 13.7. The van der Waals surface area contributed by atoms with Gasteiger partial charge in [-0.25, -0.2) is 0 Å². The number of fused-ring (bicyclic) bond motifs is 2. The van der Waals surface area contributed by atoms with Crippen LogP contribution in [0.2, 0.25) is 0 Å². The van der Waals surface area contributed by atoms with E-state index >= 15 is 0 Å². The minimum atomic E-state index is -0.410. The van der Waals surface area contributed by atoms with Gasteiger partial charge >= 0.3 is 0 Å². The molecule has 2 saturated heterocycles. The number of nitrogens with one attached hydrogen (secondary N) is 1. The van der Waals surface area contributed by atoms with Crippen LogP contribution in [0.4, 0.5) is 5.69 Å². The molecular formula is C19H22N4O. The average Bonchev–Trinajstić information content (AvgIpc) is 3.36. The quantitative estimate of drug-likeness (QED) is 0.919. The number of carbonyl (C=O) groups excluding carboxylic acids is 1. The molecular weight excluding hydrogens is 300 g/mol. The Labute approximate surface area is 141 Å². The van der Waals surface area contributed by atoms with Gasteiger partial charge in [0, 0.05) is 38.1 Å². The normalized spacial score (nSPS) is 25.9. The Hall–Kier alpha value is -2.27. The number of hydrogen-bond acceptors (Lipinski definition) is 3. The van der Waals surface area contributed by atoms with E-state index in [1.165, 1.54) is 24.1 Å². The van der Waals surface area contributed by atoms with Crippen LogP contribution in [-0.2, 0) is 12.2 Å². The molecule has 24 heavy (non-hydrogen) atoms. The van der Waals surface area contributed by atoms with Gasteiger partial charge in [0.05, 0.1) is 6.54 Å². The fourth-order valence-corrected chi connectivity index (χ4v) is 4.48. The van der Waals surface area contributed by atoms with Gasteiger partial charge in [0.1, 0.15) is 11.4 Å². The number of benzene rings is 1. The third kappa shape index (κ3) is 1.88. The van der Waals surface area contributed by atoms with Gasteiger partial charge in [0.2, 0.25) is 0 Å². The second kappa shape index (κ2) is 5.11. The number of amides is 1. The van der Waals surface area contributed by atoms with E-state index in [9.17, 15) is 4.79 Å². The predicted molar refractivity (Wildman–Crippen MR) is 93.0 cm³/mol. The van der Waals surface area contributed by atoms with Gasteiger partial charge in [-0.2, -0.15) is 0 Å². The minimum absolute atomic E-state index is 0.125. The van der Waals surface area contributed by atoms with Gasteiger partial charge < -0.3 is 14.4 Å². The zero-order chi connectivity index (χ0) is 16.1. The first-order chi connectivity index (χ1) is 11.8. The number of anilines is 1. The first kappa shape index (κ1) is 14.1. The van der Waals surface area contributed by atoms with Crippen LogP contribution in [0.5, 0.6) is 0 Å². The molecule has 1 aromatic heterocycles. The molecule has 4 heterocycles. The largest absolute Gasteiger partial charge is 0.372 e. The standard InChI is InChI=1S/C19H22N4O/c24-18-17-4-3-12-22(17)14-19(20-9-13-23(18)19)15-5-7-16(8-6-15)21-10-1-2-11-21/h3-8,12,20H,1-2,9-11,13-14H2. The summed E-state index contributed by atoms with van der Waals surface area (Å²) in [7, 11) is 0. The lowest BCUT2D eigenvalue weighted by molar-refractivity contribution is 0.0398. The Morgan fingerprint density at radius 2 is 1.79 bits per heavy atom. The first-order valence-electron chi connectivity index (χ1n) is 8.86. The SMILES string of the molecule is O=C1c2cccn2CC2(c3ccc(N4CCCC4)cc3)NCCN12. The van der Waals surface area contributed by atoms with Crippen LogP contribution in [-0.4, -0.2) is 41.6 Å². The summed E-state index contributed by atoms with van der Waals surface area (Å²) in [6.07, 6.45) is 4.57. The molecule has 1 aromatic carbocycles. The van der Waals surface area contributed by atoms with Gasteiger partial charge in [-0.3, -0.25) is 10.1 Å². The number of carbonyl (C=O) groups is 1. The Bertz CT molecular complexity index is 775. The van der Waals surface area contributed by atoms with Crippen LogP contribution in [0.25, 0.3) is 0 Å². The number of hydrogen-bond donors (Lipinski definition) is 1. The average molecular weight is 322 g/mol. The van der Waals surface area contributed by atoms with Crippen LogP contribution >= 0.6 is 0 Å². The van der Waals surface area contributed by atoms with Crippen molar-refractivity contribution in [3.05, 3.63) is 53.9 Å². The molecule has 2 aromatic rings. The van der Waals surface area contributed by atoms with Crippen LogP contribution in [0.1, 0.15) is 28.9 Å². The van der Waals surface area contributed by atoms with Crippen molar-refractivity contribution in [2.75, 3.05) is 31.1 Å². The highest BCUT2D eigenvalue weighted by molar-refractivity contribution is 5.94. The first-order valence-corrected chi connectivity index (χ1v) is 8.86. The molecule has 0 bridgehead atoms. The van der Waals surface area contributed by atoms with Crippen LogP contribution in [0.15, 0.2) is 42.6 Å². The molecule has 5 nitrogen and oxygen atoms in total. The number of rotatable bonds is 2. The topological polar surface area (TPSA) is 40.5 Å². The Balaban J connectivity index is 1.53. The van der Waals surface area contributed by atoms with E-state index in [0.717, 1.165) is 38.4 Å². The summed E-state index contributed by atoms with van der Waals surface area (Å²) in [5, 5.41) is 3.61. The lowest BCUT2D eigenvalue weighted by atomic mass is 9.95. The molecule has 1 amide bonds. The van der Waals surface area contributed by atoms with E-state index in [4.69, 9.17) is 0 Å². The molecule has 3 aliphatic rings. The van der Waals surface area contributed by atoms with E-state index in [2.05, 4.69) is 39.0 Å². The van der Waals surface area contributed by atoms with Gasteiger partial charge in [-0.15, -0.1) is 0 Å². The molecule has 0 saturated carbocycles. The molecule has 124 valence electrons. The maximum absolute atomic E-state index is 12.9. The molecule has 3 aliphatic heterocycles. The molecule has 0 spiro atoms. The summed E-state index contributed by atoms with van der Waals surface area (Å²) in [6.45, 7) is 4.67. The van der Waals surface area contributed by atoms with Crippen molar-refractivity contribution >= 4 is 11.6 Å². The maximum atomic E-state index is 12.9. The van der Waals surface area contributed by atoms with Crippen LogP contribution in [0, 0.1) is 0 Å². The highest BCUT2D eigenvalue weighted by Gasteiger charge is 2.49. The summed E-state index contributed by atoms with van der Waals surface area (Å²) in [5.41, 5.74) is 2.85. The van der Waals surface area contributed by atoms with Crippen LogP contribution < -0.4 is 10.2 Å². The van der Waals surface area contributed by atoms with Crippen molar-refractivity contribution in [1.29, 1.82) is 0 Å². The van der Waals surface area contributed by atoms with E-state index in [1.807, 2.05) is 23.2 Å². The van der Waals surface area contributed by atoms with Crippen molar-refractivity contribution in [1.82, 2.24) is 14.8 Å². The number of aromatic nitrogens is 1. The fourth-order valence-electron chi connectivity index (χ4n) is 4.48. The lowest BCUT2D eigenvalue weighted by Crippen LogP contribution is -2.57. The summed E-state index contributed by atoms with van der Waals surface area (Å²) in [4.78, 5) is 17.3. The third-order valence-corrected chi connectivity index (χ3v) is 5.72. The molecule has 0 aliphatic carbocycles. The van der Waals surface area contributed by atoms with Gasteiger partial charge in [0.15, 0.2) is 0 Å². The highest BCUT2D eigenvalue weighted by atomic mass is 16.2.